The molecule has 3 heteroatoms. The second-order valence-corrected chi connectivity index (χ2v) is 2.18. The van der Waals surface area contributed by atoms with Crippen molar-refractivity contribution in [3.05, 3.63) is 60.7 Å². The van der Waals surface area contributed by atoms with Gasteiger partial charge in [0, 0.05) is 20.8 Å². The molecule has 2 aromatic rings. The van der Waals surface area contributed by atoms with Gasteiger partial charge in [-0.05, 0) is 24.3 Å². The third-order valence-corrected chi connectivity index (χ3v) is 1.23. The molecule has 3 radical (unpaired) electrons. The first-order valence-electron chi connectivity index (χ1n) is 3.68. The number of H-pyrrole nitrogens is 1. The highest BCUT2D eigenvalue weighted by atomic mass is 19.1. The van der Waals surface area contributed by atoms with Crippen molar-refractivity contribution in [2.24, 2.45) is 0 Å². The lowest BCUT2D eigenvalue weighted by Gasteiger charge is -1.78. The molecule has 1 heterocycles. The summed E-state index contributed by atoms with van der Waals surface area (Å²) in [5.74, 6) is -0.178. The predicted molar refractivity (Wildman–Crippen MR) is 52.9 cm³/mol. The van der Waals surface area contributed by atoms with Crippen molar-refractivity contribution in [3.63, 3.8) is 0 Å². The van der Waals surface area contributed by atoms with E-state index >= 15 is 0 Å². The van der Waals surface area contributed by atoms with Gasteiger partial charge in [0.25, 0.3) is 0 Å². The fraction of sp³-hybridized carbons (Fsp3) is 0. The Hall–Kier alpha value is -1.51. The zero-order valence-corrected chi connectivity index (χ0v) is 7.15. The monoisotopic (exact) mass is 174 g/mol. The maximum absolute atomic E-state index is 11.9. The van der Waals surface area contributed by atoms with Gasteiger partial charge in [0.05, 0.1) is 0 Å². The van der Waals surface area contributed by atoms with Gasteiger partial charge in [-0.1, -0.05) is 18.2 Å². The van der Waals surface area contributed by atoms with Gasteiger partial charge >= 0.3 is 0 Å². The second kappa shape index (κ2) is 7.16. The highest BCUT2D eigenvalue weighted by Crippen LogP contribution is 1.91. The van der Waals surface area contributed by atoms with E-state index in [0.29, 0.717) is 0 Å². The Balaban J connectivity index is 0.000000215. The Kier molecular flexibility index (Phi) is 6.33. The summed E-state index contributed by atoms with van der Waals surface area (Å²) in [7, 11) is 0. The molecule has 1 aromatic carbocycles. The van der Waals surface area contributed by atoms with Crippen LogP contribution in [0.2, 0.25) is 0 Å². The van der Waals surface area contributed by atoms with Gasteiger partial charge in [-0.15, -0.1) is 0 Å². The lowest BCUT2D eigenvalue weighted by molar-refractivity contribution is 0.628. The standard InChI is InChI=1S/C6H5F.C4H5N.B/c7-6-4-2-1-3-5-6;1-2-4-5-3-1;/h1-5H;1-5H;. The highest BCUT2D eigenvalue weighted by molar-refractivity contribution is 5.75. The van der Waals surface area contributed by atoms with Crippen LogP contribution in [-0.2, 0) is 0 Å². The van der Waals surface area contributed by atoms with Gasteiger partial charge in [0.1, 0.15) is 5.82 Å². The minimum absolute atomic E-state index is 0. The molecule has 0 unspecified atom stereocenters. The molecule has 13 heavy (non-hydrogen) atoms. The van der Waals surface area contributed by atoms with Crippen molar-refractivity contribution >= 4 is 8.41 Å². The number of nitrogens with one attached hydrogen (secondary N) is 1. The molecule has 0 saturated carbocycles. The van der Waals surface area contributed by atoms with Crippen molar-refractivity contribution in [2.75, 3.05) is 0 Å². The summed E-state index contributed by atoms with van der Waals surface area (Å²) in [6.07, 6.45) is 3.75. The van der Waals surface area contributed by atoms with E-state index in [1.165, 1.54) is 12.1 Å². The molecular weight excluding hydrogens is 164 g/mol. The van der Waals surface area contributed by atoms with Crippen LogP contribution in [0.1, 0.15) is 0 Å². The van der Waals surface area contributed by atoms with Gasteiger partial charge in [0.2, 0.25) is 0 Å². The van der Waals surface area contributed by atoms with Crippen LogP contribution in [0.25, 0.3) is 0 Å². The highest BCUT2D eigenvalue weighted by Gasteiger charge is 1.77. The number of aromatic amines is 1. The van der Waals surface area contributed by atoms with Crippen molar-refractivity contribution in [1.82, 2.24) is 4.98 Å². The fourth-order valence-corrected chi connectivity index (χ4v) is 0.692. The Labute approximate surface area is 79.2 Å². The van der Waals surface area contributed by atoms with Crippen molar-refractivity contribution in [2.45, 2.75) is 0 Å². The molecule has 2 rings (SSSR count). The summed E-state index contributed by atoms with van der Waals surface area (Å²) in [4.78, 5) is 2.86. The quantitative estimate of drug-likeness (QED) is 0.590. The normalized spacial score (nSPS) is 7.77. The van der Waals surface area contributed by atoms with E-state index in [4.69, 9.17) is 0 Å². The first-order valence-corrected chi connectivity index (χ1v) is 3.68. The van der Waals surface area contributed by atoms with E-state index in [1.54, 1.807) is 18.2 Å². The molecule has 65 valence electrons. The number of benzene rings is 1. The summed E-state index contributed by atoms with van der Waals surface area (Å²) in [6, 6.07) is 11.8. The van der Waals surface area contributed by atoms with Crippen molar-refractivity contribution in [3.8, 4) is 0 Å². The Morgan fingerprint density at radius 1 is 0.846 bits per heavy atom. The lowest BCUT2D eigenvalue weighted by atomic mass is 10.4. The van der Waals surface area contributed by atoms with Crippen LogP contribution >= 0.6 is 0 Å². The Morgan fingerprint density at radius 2 is 1.38 bits per heavy atom. The molecule has 1 aromatic heterocycles. The molecule has 0 aliphatic rings. The zero-order chi connectivity index (χ0) is 8.65. The molecule has 0 atom stereocenters. The molecule has 0 aliphatic carbocycles. The van der Waals surface area contributed by atoms with Gasteiger partial charge in [0.15, 0.2) is 0 Å². The molecule has 1 nitrogen and oxygen atoms in total. The van der Waals surface area contributed by atoms with Crippen LogP contribution < -0.4 is 0 Å². The molecule has 0 saturated heterocycles. The van der Waals surface area contributed by atoms with Crippen LogP contribution in [0, 0.1) is 5.82 Å². The number of halogens is 1. The smallest absolute Gasteiger partial charge is 0.123 e. The summed E-state index contributed by atoms with van der Waals surface area (Å²) < 4.78 is 11.9. The van der Waals surface area contributed by atoms with E-state index in [9.17, 15) is 4.39 Å². The van der Waals surface area contributed by atoms with E-state index in [2.05, 4.69) is 4.98 Å². The van der Waals surface area contributed by atoms with E-state index in [-0.39, 0.29) is 14.2 Å². The van der Waals surface area contributed by atoms with Crippen LogP contribution in [0.5, 0.6) is 0 Å². The topological polar surface area (TPSA) is 15.8 Å². The maximum atomic E-state index is 11.9. The van der Waals surface area contributed by atoms with Crippen molar-refractivity contribution in [1.29, 1.82) is 0 Å². The summed E-state index contributed by atoms with van der Waals surface area (Å²) in [5.41, 5.74) is 0. The Morgan fingerprint density at radius 3 is 1.62 bits per heavy atom. The molecule has 0 aliphatic heterocycles. The number of hydrogen-bond acceptors (Lipinski definition) is 0. The van der Waals surface area contributed by atoms with Crippen LogP contribution in [-0.4, -0.2) is 13.4 Å². The van der Waals surface area contributed by atoms with Gasteiger partial charge in [-0.3, -0.25) is 0 Å². The van der Waals surface area contributed by atoms with E-state index in [0.717, 1.165) is 0 Å². The summed E-state index contributed by atoms with van der Waals surface area (Å²) in [6.45, 7) is 0. The van der Waals surface area contributed by atoms with Crippen LogP contribution in [0.15, 0.2) is 54.9 Å². The summed E-state index contributed by atoms with van der Waals surface area (Å²) >= 11 is 0. The minimum atomic E-state index is -0.178. The maximum Gasteiger partial charge on any atom is 0.123 e. The number of aromatic nitrogens is 1. The predicted octanol–water partition coefficient (Wildman–Crippen LogP) is 2.46. The third-order valence-electron chi connectivity index (χ3n) is 1.23. The van der Waals surface area contributed by atoms with E-state index < -0.39 is 0 Å². The molecule has 0 fully saturated rings. The van der Waals surface area contributed by atoms with Crippen LogP contribution in [0.3, 0.4) is 0 Å². The van der Waals surface area contributed by atoms with Gasteiger partial charge < -0.3 is 4.98 Å². The van der Waals surface area contributed by atoms with Gasteiger partial charge in [-0.2, -0.15) is 0 Å². The largest absolute Gasteiger partial charge is 0.368 e. The first kappa shape index (κ1) is 11.5. The zero-order valence-electron chi connectivity index (χ0n) is 7.15. The Bertz CT molecular complexity index is 264. The second-order valence-electron chi connectivity index (χ2n) is 2.18. The molecule has 0 spiro atoms. The van der Waals surface area contributed by atoms with Crippen molar-refractivity contribution < 1.29 is 4.39 Å². The molecule has 0 amide bonds. The summed E-state index contributed by atoms with van der Waals surface area (Å²) in [5, 5.41) is 0. The first-order chi connectivity index (χ1) is 5.89. The molecular formula is C10H10BFN. The average molecular weight is 174 g/mol. The molecule has 1 N–H and O–H groups in total. The fourth-order valence-electron chi connectivity index (χ4n) is 0.692. The average Bonchev–Trinajstić information content (AvgIpc) is 2.62. The number of rotatable bonds is 0. The number of hydrogen-bond donors (Lipinski definition) is 1. The van der Waals surface area contributed by atoms with Crippen LogP contribution in [0.4, 0.5) is 4.39 Å². The minimum Gasteiger partial charge on any atom is -0.368 e. The SMILES string of the molecule is Fc1ccccc1.[B].c1cc[nH]c1. The van der Waals surface area contributed by atoms with E-state index in [1.807, 2.05) is 24.5 Å². The lowest BCUT2D eigenvalue weighted by Crippen LogP contribution is -1.63. The van der Waals surface area contributed by atoms with Gasteiger partial charge in [-0.25, -0.2) is 4.39 Å². The third kappa shape index (κ3) is 5.73. The molecule has 0 bridgehead atoms.